The number of morpholine rings is 1. The number of carbonyl (C=O) groups excluding carboxylic acids is 1. The van der Waals surface area contributed by atoms with Crippen molar-refractivity contribution in [3.05, 3.63) is 29.0 Å². The minimum Gasteiger partial charge on any atom is -0.487 e. The molecule has 1 aromatic heterocycles. The van der Waals surface area contributed by atoms with E-state index in [0.717, 1.165) is 47.9 Å². The van der Waals surface area contributed by atoms with Crippen LogP contribution in [0.4, 0.5) is 0 Å². The highest BCUT2D eigenvalue weighted by Crippen LogP contribution is 2.49. The number of fused-ring (bicyclic) bond motifs is 3. The average molecular weight is 385 g/mol. The lowest BCUT2D eigenvalue weighted by Gasteiger charge is -2.43. The number of benzene rings is 1. The molecule has 3 heterocycles. The topological polar surface area (TPSA) is 72.1 Å². The number of aryl methyl sites for hydroxylation is 1. The Kier molecular flexibility index (Phi) is 4.36. The number of nitrogens with zero attached hydrogens (tertiary/aromatic N) is 1. The number of aliphatic hydroxyl groups excluding tert-OH is 1. The second kappa shape index (κ2) is 6.78. The van der Waals surface area contributed by atoms with Crippen molar-refractivity contribution in [2.45, 2.75) is 57.2 Å². The van der Waals surface area contributed by atoms with Crippen molar-refractivity contribution in [3.8, 4) is 5.75 Å². The van der Waals surface area contributed by atoms with Crippen LogP contribution in [-0.4, -0.2) is 47.8 Å². The fraction of sp³-hybridized carbons (Fsp3) is 0.591. The molecule has 1 aliphatic carbocycles. The summed E-state index contributed by atoms with van der Waals surface area (Å²) < 4.78 is 17.8. The highest BCUT2D eigenvalue weighted by molar-refractivity contribution is 6.00. The maximum Gasteiger partial charge on any atom is 0.290 e. The van der Waals surface area contributed by atoms with Gasteiger partial charge in [-0.05, 0) is 44.7 Å². The Morgan fingerprint density at radius 2 is 1.93 bits per heavy atom. The van der Waals surface area contributed by atoms with Crippen LogP contribution in [0.3, 0.4) is 0 Å². The molecule has 2 aromatic rings. The van der Waals surface area contributed by atoms with E-state index in [2.05, 4.69) is 0 Å². The van der Waals surface area contributed by atoms with E-state index in [4.69, 9.17) is 13.9 Å². The number of amides is 1. The van der Waals surface area contributed by atoms with E-state index in [-0.39, 0.29) is 11.5 Å². The van der Waals surface area contributed by atoms with Gasteiger partial charge in [0.15, 0.2) is 5.76 Å². The zero-order valence-electron chi connectivity index (χ0n) is 16.3. The van der Waals surface area contributed by atoms with Crippen LogP contribution in [0.5, 0.6) is 5.75 Å². The third-order valence-corrected chi connectivity index (χ3v) is 6.58. The maximum absolute atomic E-state index is 13.0. The molecule has 0 unspecified atom stereocenters. The second-order valence-electron chi connectivity index (χ2n) is 8.38. The molecule has 3 aliphatic rings. The fourth-order valence-electron chi connectivity index (χ4n) is 5.12. The predicted octanol–water partition coefficient (Wildman–Crippen LogP) is 3.73. The zero-order valence-corrected chi connectivity index (χ0v) is 16.3. The first-order valence-corrected chi connectivity index (χ1v) is 10.4. The summed E-state index contributed by atoms with van der Waals surface area (Å²) in [4.78, 5) is 14.7. The average Bonchev–Trinajstić information content (AvgIpc) is 3.05. The van der Waals surface area contributed by atoms with Crippen molar-refractivity contribution >= 4 is 16.9 Å². The minimum atomic E-state index is -0.604. The molecule has 1 spiro atoms. The lowest BCUT2D eigenvalue weighted by Crippen LogP contribution is -2.42. The summed E-state index contributed by atoms with van der Waals surface area (Å²) in [6.07, 6.45) is 5.52. The number of aliphatic hydroxyl groups is 1. The molecule has 1 amide bonds. The predicted molar refractivity (Wildman–Crippen MR) is 104 cm³/mol. The lowest BCUT2D eigenvalue weighted by atomic mass is 9.77. The van der Waals surface area contributed by atoms with Crippen molar-refractivity contribution in [1.82, 2.24) is 4.90 Å². The smallest absolute Gasteiger partial charge is 0.290 e. The number of ether oxygens (including phenoxy) is 2. The number of furan rings is 1. The summed E-state index contributed by atoms with van der Waals surface area (Å²) in [6, 6.07) is 3.76. The molecule has 2 fully saturated rings. The Bertz CT molecular complexity index is 905. The molecule has 0 radical (unpaired) electrons. The van der Waals surface area contributed by atoms with Crippen LogP contribution in [0.1, 0.15) is 66.3 Å². The van der Waals surface area contributed by atoms with Gasteiger partial charge in [0.1, 0.15) is 16.9 Å². The minimum absolute atomic E-state index is 0.110. The van der Waals surface area contributed by atoms with Crippen LogP contribution in [0.15, 0.2) is 16.5 Å². The van der Waals surface area contributed by atoms with Crippen molar-refractivity contribution in [2.75, 3.05) is 26.3 Å². The van der Waals surface area contributed by atoms with Gasteiger partial charge in [-0.2, -0.15) is 0 Å². The molecule has 1 atom stereocenters. The van der Waals surface area contributed by atoms with Crippen molar-refractivity contribution < 1.29 is 23.8 Å². The van der Waals surface area contributed by atoms with Gasteiger partial charge in [-0.3, -0.25) is 4.79 Å². The van der Waals surface area contributed by atoms with Crippen LogP contribution < -0.4 is 4.74 Å². The van der Waals surface area contributed by atoms with Gasteiger partial charge >= 0.3 is 0 Å². The van der Waals surface area contributed by atoms with Gasteiger partial charge in [0, 0.05) is 36.0 Å². The Morgan fingerprint density at radius 1 is 1.18 bits per heavy atom. The number of hydrogen-bond donors (Lipinski definition) is 1. The van der Waals surface area contributed by atoms with E-state index in [9.17, 15) is 9.90 Å². The Labute approximate surface area is 164 Å². The fourth-order valence-corrected chi connectivity index (χ4v) is 5.12. The van der Waals surface area contributed by atoms with Gasteiger partial charge < -0.3 is 23.9 Å². The van der Waals surface area contributed by atoms with Gasteiger partial charge in [-0.1, -0.05) is 6.42 Å². The highest BCUT2D eigenvalue weighted by atomic mass is 16.5. The SMILES string of the molecule is Cc1c(C(=O)N2CCOCC2)oc2ccc3c(c12)[C@H](O)CC1(CCCCC1)O3. The van der Waals surface area contributed by atoms with Crippen molar-refractivity contribution in [2.24, 2.45) is 0 Å². The molecule has 28 heavy (non-hydrogen) atoms. The summed E-state index contributed by atoms with van der Waals surface area (Å²) in [5.41, 5.74) is 1.94. The number of hydrogen-bond acceptors (Lipinski definition) is 5. The summed E-state index contributed by atoms with van der Waals surface area (Å²) in [6.45, 7) is 4.14. The highest BCUT2D eigenvalue weighted by Gasteiger charge is 2.42. The molecule has 1 saturated heterocycles. The van der Waals surface area contributed by atoms with Gasteiger partial charge in [0.05, 0.1) is 19.3 Å². The van der Waals surface area contributed by atoms with E-state index >= 15 is 0 Å². The van der Waals surface area contributed by atoms with Gasteiger partial charge in [-0.15, -0.1) is 0 Å². The molecule has 5 rings (SSSR count). The standard InChI is InChI=1S/C22H27NO5/c1-14-18-16(27-20(14)21(25)23-9-11-26-12-10-23)5-6-17-19(18)15(24)13-22(28-17)7-3-2-4-8-22/h5-6,15,24H,2-4,7-13H2,1H3/t15-/m1/s1. The molecule has 150 valence electrons. The normalized spacial score (nSPS) is 24.2. The van der Waals surface area contributed by atoms with Gasteiger partial charge in [0.25, 0.3) is 5.91 Å². The van der Waals surface area contributed by atoms with E-state index in [1.807, 2.05) is 19.1 Å². The Balaban J connectivity index is 1.55. The van der Waals surface area contributed by atoms with E-state index in [1.165, 1.54) is 6.42 Å². The van der Waals surface area contributed by atoms with Crippen LogP contribution in [0.2, 0.25) is 0 Å². The molecule has 1 N–H and O–H groups in total. The monoisotopic (exact) mass is 385 g/mol. The lowest BCUT2D eigenvalue weighted by molar-refractivity contribution is -0.0373. The van der Waals surface area contributed by atoms with E-state index in [0.29, 0.717) is 44.1 Å². The largest absolute Gasteiger partial charge is 0.487 e. The molecule has 2 aliphatic heterocycles. The van der Waals surface area contributed by atoms with Gasteiger partial charge in [0.2, 0.25) is 0 Å². The van der Waals surface area contributed by atoms with Crippen LogP contribution in [0, 0.1) is 6.92 Å². The maximum atomic E-state index is 13.0. The quantitative estimate of drug-likeness (QED) is 0.810. The first kappa shape index (κ1) is 18.0. The van der Waals surface area contributed by atoms with E-state index in [1.54, 1.807) is 4.90 Å². The van der Waals surface area contributed by atoms with E-state index < -0.39 is 6.10 Å². The summed E-state index contributed by atoms with van der Waals surface area (Å²) >= 11 is 0. The summed E-state index contributed by atoms with van der Waals surface area (Å²) in [5, 5.41) is 11.9. The Hall–Kier alpha value is -2.05. The zero-order chi connectivity index (χ0) is 19.3. The second-order valence-corrected chi connectivity index (χ2v) is 8.38. The third-order valence-electron chi connectivity index (χ3n) is 6.58. The molecule has 0 bridgehead atoms. The summed E-state index contributed by atoms with van der Waals surface area (Å²) in [5.74, 6) is 0.985. The van der Waals surface area contributed by atoms with Crippen LogP contribution >= 0.6 is 0 Å². The Morgan fingerprint density at radius 3 is 2.68 bits per heavy atom. The van der Waals surface area contributed by atoms with Crippen LogP contribution in [-0.2, 0) is 4.74 Å². The first-order valence-electron chi connectivity index (χ1n) is 10.4. The molecule has 6 heteroatoms. The number of rotatable bonds is 1. The van der Waals surface area contributed by atoms with Gasteiger partial charge in [-0.25, -0.2) is 0 Å². The first-order chi connectivity index (χ1) is 13.6. The summed E-state index contributed by atoms with van der Waals surface area (Å²) in [7, 11) is 0. The molecular formula is C22H27NO5. The molecular weight excluding hydrogens is 358 g/mol. The molecule has 1 aromatic carbocycles. The third kappa shape index (κ3) is 2.81. The van der Waals surface area contributed by atoms with Crippen molar-refractivity contribution in [3.63, 3.8) is 0 Å². The molecule has 6 nitrogen and oxygen atoms in total. The molecule has 1 saturated carbocycles. The number of carbonyl (C=O) groups is 1. The van der Waals surface area contributed by atoms with Crippen LogP contribution in [0.25, 0.3) is 11.0 Å². The van der Waals surface area contributed by atoms with Crippen molar-refractivity contribution in [1.29, 1.82) is 0 Å².